The van der Waals surface area contributed by atoms with E-state index in [1.54, 1.807) is 0 Å². The molecule has 1 aliphatic heterocycles. The van der Waals surface area contributed by atoms with Gasteiger partial charge in [-0.1, -0.05) is 20.3 Å². The van der Waals surface area contributed by atoms with E-state index in [0.29, 0.717) is 12.0 Å². The van der Waals surface area contributed by atoms with Crippen LogP contribution in [0.2, 0.25) is 0 Å². The van der Waals surface area contributed by atoms with Crippen LogP contribution < -0.4 is 5.32 Å². The van der Waals surface area contributed by atoms with Crippen molar-refractivity contribution in [1.29, 1.82) is 0 Å². The molecule has 0 bridgehead atoms. The fraction of sp³-hybridized carbons (Fsp3) is 0.818. The first-order valence-electron chi connectivity index (χ1n) is 5.88. The molecule has 1 saturated heterocycles. The standard InChI is InChI=1S/C11H20N4/c1-9(2)7-15-8-13-14-11(15)10-5-3-4-6-12-10/h8-10,12H,3-7H2,1-2H3/t10-/m1/s1. The van der Waals surface area contributed by atoms with Gasteiger partial charge in [0, 0.05) is 6.54 Å². The lowest BCUT2D eigenvalue weighted by atomic mass is 10.0. The Bertz CT molecular complexity index is 299. The zero-order valence-electron chi connectivity index (χ0n) is 9.61. The van der Waals surface area contributed by atoms with Crippen molar-refractivity contribution < 1.29 is 0 Å². The van der Waals surface area contributed by atoms with Crippen LogP contribution in [0.3, 0.4) is 0 Å². The number of piperidine rings is 1. The molecule has 4 nitrogen and oxygen atoms in total. The minimum Gasteiger partial charge on any atom is -0.316 e. The van der Waals surface area contributed by atoms with Gasteiger partial charge in [0.15, 0.2) is 0 Å². The Balaban J connectivity index is 2.09. The Hall–Kier alpha value is -0.900. The average Bonchev–Trinajstić information content (AvgIpc) is 2.66. The summed E-state index contributed by atoms with van der Waals surface area (Å²) in [5.74, 6) is 1.76. The first kappa shape index (κ1) is 10.6. The fourth-order valence-corrected chi connectivity index (χ4v) is 2.14. The third kappa shape index (κ3) is 2.56. The molecular formula is C11H20N4. The Morgan fingerprint density at radius 3 is 3.07 bits per heavy atom. The second kappa shape index (κ2) is 4.75. The zero-order chi connectivity index (χ0) is 10.7. The van der Waals surface area contributed by atoms with Crippen molar-refractivity contribution in [2.75, 3.05) is 6.54 Å². The second-order valence-electron chi connectivity index (χ2n) is 4.74. The minimum atomic E-state index is 0.417. The summed E-state index contributed by atoms with van der Waals surface area (Å²) in [6.07, 6.45) is 5.63. The molecule has 2 rings (SSSR count). The predicted octanol–water partition coefficient (Wildman–Crippen LogP) is 1.75. The molecule has 0 amide bonds. The van der Waals surface area contributed by atoms with Gasteiger partial charge in [-0.2, -0.15) is 0 Å². The molecule has 1 fully saturated rings. The summed E-state index contributed by atoms with van der Waals surface area (Å²) in [5.41, 5.74) is 0. The van der Waals surface area contributed by atoms with Crippen molar-refractivity contribution in [3.05, 3.63) is 12.2 Å². The molecule has 1 N–H and O–H groups in total. The predicted molar refractivity (Wildman–Crippen MR) is 59.5 cm³/mol. The van der Waals surface area contributed by atoms with Gasteiger partial charge < -0.3 is 9.88 Å². The zero-order valence-corrected chi connectivity index (χ0v) is 9.61. The highest BCUT2D eigenvalue weighted by atomic mass is 15.3. The molecule has 15 heavy (non-hydrogen) atoms. The first-order chi connectivity index (χ1) is 7.27. The molecule has 1 aliphatic rings. The Labute approximate surface area is 91.1 Å². The van der Waals surface area contributed by atoms with E-state index in [2.05, 4.69) is 33.9 Å². The van der Waals surface area contributed by atoms with Crippen LogP contribution in [0, 0.1) is 5.92 Å². The van der Waals surface area contributed by atoms with E-state index >= 15 is 0 Å². The highest BCUT2D eigenvalue weighted by Crippen LogP contribution is 2.21. The van der Waals surface area contributed by atoms with E-state index in [0.717, 1.165) is 18.9 Å². The van der Waals surface area contributed by atoms with Gasteiger partial charge in [-0.3, -0.25) is 0 Å². The van der Waals surface area contributed by atoms with E-state index in [1.165, 1.54) is 19.3 Å². The van der Waals surface area contributed by atoms with Gasteiger partial charge in [0.05, 0.1) is 6.04 Å². The number of hydrogen-bond donors (Lipinski definition) is 1. The van der Waals surface area contributed by atoms with Gasteiger partial charge in [0.1, 0.15) is 12.2 Å². The van der Waals surface area contributed by atoms with Crippen LogP contribution in [0.1, 0.15) is 45.0 Å². The van der Waals surface area contributed by atoms with E-state index in [4.69, 9.17) is 0 Å². The summed E-state index contributed by atoms with van der Waals surface area (Å²) in [6.45, 7) is 6.57. The summed E-state index contributed by atoms with van der Waals surface area (Å²) >= 11 is 0. The highest BCUT2D eigenvalue weighted by molar-refractivity contribution is 4.96. The number of rotatable bonds is 3. The number of hydrogen-bond acceptors (Lipinski definition) is 3. The summed E-state index contributed by atoms with van der Waals surface area (Å²) in [7, 11) is 0. The first-order valence-corrected chi connectivity index (χ1v) is 5.88. The maximum Gasteiger partial charge on any atom is 0.149 e. The van der Waals surface area contributed by atoms with E-state index in [1.807, 2.05) is 6.33 Å². The van der Waals surface area contributed by atoms with Crippen LogP contribution in [0.5, 0.6) is 0 Å². The van der Waals surface area contributed by atoms with Crippen molar-refractivity contribution in [3.8, 4) is 0 Å². The molecule has 0 spiro atoms. The minimum absolute atomic E-state index is 0.417. The number of nitrogens with one attached hydrogen (secondary N) is 1. The SMILES string of the molecule is CC(C)Cn1cnnc1[C@H]1CCCCN1. The van der Waals surface area contributed by atoms with Gasteiger partial charge in [-0.25, -0.2) is 0 Å². The van der Waals surface area contributed by atoms with Crippen LogP contribution >= 0.6 is 0 Å². The molecule has 0 aromatic carbocycles. The summed E-state index contributed by atoms with van der Waals surface area (Å²) in [4.78, 5) is 0. The topological polar surface area (TPSA) is 42.7 Å². The quantitative estimate of drug-likeness (QED) is 0.823. The normalized spacial score (nSPS) is 22.2. The van der Waals surface area contributed by atoms with Crippen molar-refractivity contribution in [3.63, 3.8) is 0 Å². The molecule has 0 saturated carbocycles. The molecular weight excluding hydrogens is 188 g/mol. The van der Waals surface area contributed by atoms with Crippen LogP contribution in [0.4, 0.5) is 0 Å². The fourth-order valence-electron chi connectivity index (χ4n) is 2.14. The third-order valence-electron chi connectivity index (χ3n) is 2.83. The molecule has 84 valence electrons. The van der Waals surface area contributed by atoms with Crippen LogP contribution in [0.15, 0.2) is 6.33 Å². The molecule has 1 aromatic rings. The van der Waals surface area contributed by atoms with Crippen molar-refractivity contribution in [2.45, 2.75) is 45.7 Å². The van der Waals surface area contributed by atoms with Gasteiger partial charge in [0.2, 0.25) is 0 Å². The Morgan fingerprint density at radius 1 is 1.53 bits per heavy atom. The van der Waals surface area contributed by atoms with Crippen LogP contribution in [-0.2, 0) is 6.54 Å². The summed E-state index contributed by atoms with van der Waals surface area (Å²) < 4.78 is 2.19. The lowest BCUT2D eigenvalue weighted by Crippen LogP contribution is -2.29. The Morgan fingerprint density at radius 2 is 2.40 bits per heavy atom. The van der Waals surface area contributed by atoms with E-state index in [9.17, 15) is 0 Å². The van der Waals surface area contributed by atoms with Gasteiger partial charge in [-0.15, -0.1) is 10.2 Å². The molecule has 0 radical (unpaired) electrons. The smallest absolute Gasteiger partial charge is 0.149 e. The average molecular weight is 208 g/mol. The summed E-state index contributed by atoms with van der Waals surface area (Å²) in [5, 5.41) is 11.8. The van der Waals surface area contributed by atoms with Crippen molar-refractivity contribution >= 4 is 0 Å². The maximum atomic E-state index is 4.24. The monoisotopic (exact) mass is 208 g/mol. The lowest BCUT2D eigenvalue weighted by Gasteiger charge is -2.23. The van der Waals surface area contributed by atoms with Crippen LogP contribution in [-0.4, -0.2) is 21.3 Å². The maximum absolute atomic E-state index is 4.24. The largest absolute Gasteiger partial charge is 0.316 e. The molecule has 4 heteroatoms. The van der Waals surface area contributed by atoms with Gasteiger partial charge in [-0.05, 0) is 25.3 Å². The molecule has 1 aromatic heterocycles. The molecule has 0 aliphatic carbocycles. The second-order valence-corrected chi connectivity index (χ2v) is 4.74. The molecule has 1 atom stereocenters. The Kier molecular flexibility index (Phi) is 3.36. The molecule has 0 unspecified atom stereocenters. The van der Waals surface area contributed by atoms with Gasteiger partial charge in [0.25, 0.3) is 0 Å². The van der Waals surface area contributed by atoms with Gasteiger partial charge >= 0.3 is 0 Å². The van der Waals surface area contributed by atoms with E-state index < -0.39 is 0 Å². The van der Waals surface area contributed by atoms with Crippen LogP contribution in [0.25, 0.3) is 0 Å². The third-order valence-corrected chi connectivity index (χ3v) is 2.83. The molecule has 2 heterocycles. The highest BCUT2D eigenvalue weighted by Gasteiger charge is 2.20. The van der Waals surface area contributed by atoms with Crippen molar-refractivity contribution in [2.24, 2.45) is 5.92 Å². The number of nitrogens with zero attached hydrogens (tertiary/aromatic N) is 3. The number of aromatic nitrogens is 3. The van der Waals surface area contributed by atoms with Crippen molar-refractivity contribution in [1.82, 2.24) is 20.1 Å². The van der Waals surface area contributed by atoms with E-state index in [-0.39, 0.29) is 0 Å². The summed E-state index contributed by atoms with van der Waals surface area (Å²) in [6, 6.07) is 0.417. The lowest BCUT2D eigenvalue weighted by molar-refractivity contribution is 0.376.